The first-order valence-corrected chi connectivity index (χ1v) is 8.60. The fourth-order valence-corrected chi connectivity index (χ4v) is 4.28. The zero-order chi connectivity index (χ0) is 17.6. The highest BCUT2D eigenvalue weighted by Gasteiger charge is 2.57. The quantitative estimate of drug-likeness (QED) is 0.793. The number of nitrogens with zero attached hydrogens (tertiary/aromatic N) is 1. The van der Waals surface area contributed by atoms with Crippen LogP contribution < -0.4 is 4.90 Å². The van der Waals surface area contributed by atoms with E-state index in [1.807, 2.05) is 43.3 Å². The van der Waals surface area contributed by atoms with Gasteiger partial charge in [0.1, 0.15) is 5.78 Å². The smallest absolute Gasteiger partial charge is 0.238 e. The number of imide groups is 1. The Hall–Kier alpha value is -2.75. The molecule has 2 aromatic carbocycles. The number of hydrogen-bond donors (Lipinski definition) is 0. The Balaban J connectivity index is 1.79. The first-order valence-electron chi connectivity index (χ1n) is 8.60. The Morgan fingerprint density at radius 3 is 2.04 bits per heavy atom. The number of amides is 2. The first kappa shape index (κ1) is 15.8. The number of carbonyl (C=O) groups excluding carboxylic acids is 3. The second-order valence-corrected chi connectivity index (χ2v) is 6.88. The molecule has 4 heteroatoms. The van der Waals surface area contributed by atoms with Crippen molar-refractivity contribution in [1.82, 2.24) is 0 Å². The Kier molecular flexibility index (Phi) is 3.75. The van der Waals surface area contributed by atoms with E-state index in [2.05, 4.69) is 0 Å². The maximum absolute atomic E-state index is 13.2. The summed E-state index contributed by atoms with van der Waals surface area (Å²) in [5, 5.41) is 0. The lowest BCUT2D eigenvalue weighted by Gasteiger charge is -2.35. The van der Waals surface area contributed by atoms with Gasteiger partial charge in [0.25, 0.3) is 0 Å². The summed E-state index contributed by atoms with van der Waals surface area (Å²) in [6, 6.07) is 18.6. The van der Waals surface area contributed by atoms with Crippen molar-refractivity contribution in [2.24, 2.45) is 17.8 Å². The highest BCUT2D eigenvalue weighted by Crippen LogP contribution is 2.48. The third-order valence-corrected chi connectivity index (χ3v) is 5.53. The number of benzene rings is 2. The average Bonchev–Trinajstić information content (AvgIpc) is 2.88. The van der Waals surface area contributed by atoms with E-state index in [9.17, 15) is 14.4 Å². The van der Waals surface area contributed by atoms with Crippen LogP contribution >= 0.6 is 0 Å². The van der Waals surface area contributed by atoms with E-state index in [-0.39, 0.29) is 35.9 Å². The molecule has 1 heterocycles. The van der Waals surface area contributed by atoms with Crippen LogP contribution in [-0.2, 0) is 14.4 Å². The van der Waals surface area contributed by atoms with Gasteiger partial charge in [-0.3, -0.25) is 19.3 Å². The van der Waals surface area contributed by atoms with Crippen molar-refractivity contribution in [1.29, 1.82) is 0 Å². The molecule has 0 radical (unpaired) electrons. The van der Waals surface area contributed by atoms with E-state index < -0.39 is 11.8 Å². The normalized spacial score (nSPS) is 29.0. The molecule has 1 aliphatic carbocycles. The number of hydrogen-bond acceptors (Lipinski definition) is 3. The fraction of sp³-hybridized carbons (Fsp3) is 0.286. The largest absolute Gasteiger partial charge is 0.299 e. The lowest BCUT2D eigenvalue weighted by molar-refractivity contribution is -0.134. The average molecular weight is 333 g/mol. The summed E-state index contributed by atoms with van der Waals surface area (Å²) in [6.45, 7) is 1.87. The van der Waals surface area contributed by atoms with E-state index >= 15 is 0 Å². The summed E-state index contributed by atoms with van der Waals surface area (Å²) in [4.78, 5) is 39.9. The van der Waals surface area contributed by atoms with Gasteiger partial charge in [-0.25, -0.2) is 0 Å². The Morgan fingerprint density at radius 2 is 1.40 bits per heavy atom. The lowest BCUT2D eigenvalue weighted by Crippen LogP contribution is -2.39. The molecule has 0 bridgehead atoms. The van der Waals surface area contributed by atoms with E-state index in [1.165, 1.54) is 4.90 Å². The number of rotatable bonds is 2. The van der Waals surface area contributed by atoms with E-state index in [1.54, 1.807) is 24.3 Å². The number of carbonyl (C=O) groups is 3. The number of para-hydroxylation sites is 1. The molecular formula is C21H19NO3. The van der Waals surface area contributed by atoms with Crippen molar-refractivity contribution >= 4 is 23.3 Å². The summed E-state index contributed by atoms with van der Waals surface area (Å²) in [5.74, 6) is -1.92. The molecule has 0 aromatic heterocycles. The van der Waals surface area contributed by atoms with Crippen LogP contribution in [0, 0.1) is 17.8 Å². The molecule has 1 aliphatic heterocycles. The van der Waals surface area contributed by atoms with E-state index in [4.69, 9.17) is 0 Å². The van der Waals surface area contributed by atoms with Gasteiger partial charge in [-0.15, -0.1) is 0 Å². The molecule has 2 aliphatic rings. The van der Waals surface area contributed by atoms with Crippen LogP contribution in [0.25, 0.3) is 0 Å². The molecule has 1 saturated heterocycles. The van der Waals surface area contributed by atoms with Crippen molar-refractivity contribution in [3.63, 3.8) is 0 Å². The van der Waals surface area contributed by atoms with Crippen LogP contribution in [0.3, 0.4) is 0 Å². The van der Waals surface area contributed by atoms with Gasteiger partial charge in [0, 0.05) is 18.3 Å². The van der Waals surface area contributed by atoms with Crippen molar-refractivity contribution in [2.45, 2.75) is 19.3 Å². The first-order chi connectivity index (χ1) is 12.1. The minimum absolute atomic E-state index is 0.0613. The van der Waals surface area contributed by atoms with Gasteiger partial charge in [-0.2, -0.15) is 0 Å². The van der Waals surface area contributed by atoms with Crippen LogP contribution in [0.15, 0.2) is 60.7 Å². The molecule has 0 N–H and O–H groups in total. The molecule has 25 heavy (non-hydrogen) atoms. The molecule has 1 saturated carbocycles. The number of ketones is 1. The number of fused-ring (bicyclic) bond motifs is 1. The Morgan fingerprint density at radius 1 is 0.800 bits per heavy atom. The van der Waals surface area contributed by atoms with Crippen LogP contribution in [-0.4, -0.2) is 17.6 Å². The minimum atomic E-state index is -0.554. The van der Waals surface area contributed by atoms with Crippen LogP contribution in [0.5, 0.6) is 0 Å². The molecule has 4 nitrogen and oxygen atoms in total. The van der Waals surface area contributed by atoms with Crippen LogP contribution in [0.4, 0.5) is 5.69 Å². The standard InChI is InChI=1S/C21H19NO3/c1-13-17(23)12-16-19(18(13)14-8-4-2-5-9-14)21(25)22(20(16)24)15-10-6-3-7-11-15/h2-11,13,16,18-19H,12H2,1H3/t13-,16-,18-,19+/m1/s1. The zero-order valence-corrected chi connectivity index (χ0v) is 14.0. The third-order valence-electron chi connectivity index (χ3n) is 5.53. The van der Waals surface area contributed by atoms with Crippen LogP contribution in [0.1, 0.15) is 24.8 Å². The monoisotopic (exact) mass is 333 g/mol. The molecule has 2 fully saturated rings. The summed E-state index contributed by atoms with van der Waals surface area (Å²) in [6.07, 6.45) is 0.156. The van der Waals surface area contributed by atoms with E-state index in [0.717, 1.165) is 5.56 Å². The van der Waals surface area contributed by atoms with Gasteiger partial charge in [-0.05, 0) is 17.7 Å². The predicted octanol–water partition coefficient (Wildman–Crippen LogP) is 3.18. The minimum Gasteiger partial charge on any atom is -0.299 e. The van der Waals surface area contributed by atoms with Crippen molar-refractivity contribution < 1.29 is 14.4 Å². The molecule has 4 rings (SSSR count). The highest BCUT2D eigenvalue weighted by atomic mass is 16.2. The fourth-order valence-electron chi connectivity index (χ4n) is 4.28. The molecular weight excluding hydrogens is 314 g/mol. The summed E-state index contributed by atoms with van der Waals surface area (Å²) in [7, 11) is 0. The molecule has 0 unspecified atom stereocenters. The van der Waals surface area contributed by atoms with Gasteiger partial charge >= 0.3 is 0 Å². The molecule has 0 spiro atoms. The maximum atomic E-state index is 13.2. The summed E-state index contributed by atoms with van der Waals surface area (Å²) < 4.78 is 0. The molecule has 2 amide bonds. The Labute approximate surface area is 146 Å². The topological polar surface area (TPSA) is 54.5 Å². The van der Waals surface area contributed by atoms with Crippen LogP contribution in [0.2, 0.25) is 0 Å². The second kappa shape index (κ2) is 5.96. The predicted molar refractivity (Wildman–Crippen MR) is 93.9 cm³/mol. The second-order valence-electron chi connectivity index (χ2n) is 6.88. The maximum Gasteiger partial charge on any atom is 0.238 e. The van der Waals surface area contributed by atoms with Gasteiger partial charge in [0.2, 0.25) is 11.8 Å². The highest BCUT2D eigenvalue weighted by molar-refractivity contribution is 6.23. The van der Waals surface area contributed by atoms with Gasteiger partial charge in [-0.1, -0.05) is 55.5 Å². The third kappa shape index (κ3) is 2.40. The van der Waals surface area contributed by atoms with Gasteiger partial charge in [0.05, 0.1) is 17.5 Å². The Bertz CT molecular complexity index is 831. The molecule has 2 aromatic rings. The van der Waals surface area contributed by atoms with E-state index in [0.29, 0.717) is 5.69 Å². The SMILES string of the molecule is C[C@@H]1C(=O)C[C@H]2C(=O)N(c3ccccc3)C(=O)[C@@H]2[C@H]1c1ccccc1. The molecule has 126 valence electrons. The zero-order valence-electron chi connectivity index (χ0n) is 14.0. The summed E-state index contributed by atoms with van der Waals surface area (Å²) in [5.41, 5.74) is 1.54. The number of anilines is 1. The number of Topliss-reactive ketones (excluding diaryl/α,β-unsaturated/α-hetero) is 1. The van der Waals surface area contributed by atoms with Crippen molar-refractivity contribution in [2.75, 3.05) is 4.90 Å². The van der Waals surface area contributed by atoms with Crippen molar-refractivity contribution in [3.05, 3.63) is 66.2 Å². The van der Waals surface area contributed by atoms with Crippen molar-refractivity contribution in [3.8, 4) is 0 Å². The lowest BCUT2D eigenvalue weighted by atomic mass is 9.65. The molecule has 4 atom stereocenters. The van der Waals surface area contributed by atoms with Gasteiger partial charge in [0.15, 0.2) is 0 Å². The summed E-state index contributed by atoms with van der Waals surface area (Å²) >= 11 is 0. The van der Waals surface area contributed by atoms with Gasteiger partial charge < -0.3 is 0 Å².